The van der Waals surface area contributed by atoms with Crippen LogP contribution < -0.4 is 10.6 Å². The van der Waals surface area contributed by atoms with Gasteiger partial charge in [0, 0.05) is 23.6 Å². The maximum Gasteiger partial charge on any atom is 0.274 e. The van der Waals surface area contributed by atoms with Crippen LogP contribution in [0.4, 0.5) is 26.1 Å². The van der Waals surface area contributed by atoms with E-state index in [9.17, 15) is 13.6 Å². The number of aromatic nitrogens is 2. The topological polar surface area (TPSA) is 66.9 Å². The molecule has 0 spiro atoms. The van der Waals surface area contributed by atoms with Gasteiger partial charge in [-0.1, -0.05) is 18.2 Å². The Labute approximate surface area is 142 Å². The Morgan fingerprint density at radius 2 is 1.84 bits per heavy atom. The van der Waals surface area contributed by atoms with Crippen molar-refractivity contribution >= 4 is 23.2 Å². The highest BCUT2D eigenvalue weighted by Crippen LogP contribution is 2.18. The third kappa shape index (κ3) is 3.95. The van der Waals surface area contributed by atoms with Crippen molar-refractivity contribution in [3.63, 3.8) is 0 Å². The van der Waals surface area contributed by atoms with Crippen LogP contribution in [0.5, 0.6) is 0 Å². The normalized spacial score (nSPS) is 10.4. The van der Waals surface area contributed by atoms with E-state index < -0.39 is 17.5 Å². The van der Waals surface area contributed by atoms with Crippen molar-refractivity contribution in [3.05, 3.63) is 77.6 Å². The zero-order valence-electron chi connectivity index (χ0n) is 13.3. The smallest absolute Gasteiger partial charge is 0.274 e. The molecule has 0 aliphatic rings. The molecular formula is C18H14F2N4O. The molecular weight excluding hydrogens is 326 g/mol. The number of para-hydroxylation sites is 1. The molecule has 2 N–H and O–H groups in total. The second-order valence-electron chi connectivity index (χ2n) is 5.29. The van der Waals surface area contributed by atoms with Crippen molar-refractivity contribution in [1.82, 2.24) is 9.97 Å². The summed E-state index contributed by atoms with van der Waals surface area (Å²) in [6.45, 7) is 1.93. The molecule has 0 unspecified atom stereocenters. The molecule has 3 aromatic rings. The van der Waals surface area contributed by atoms with Crippen LogP contribution in [0.25, 0.3) is 0 Å². The minimum Gasteiger partial charge on any atom is -0.324 e. The van der Waals surface area contributed by atoms with Crippen LogP contribution in [0.15, 0.2) is 54.7 Å². The summed E-state index contributed by atoms with van der Waals surface area (Å²) in [4.78, 5) is 20.5. The van der Waals surface area contributed by atoms with E-state index in [0.717, 1.165) is 23.4 Å². The minimum absolute atomic E-state index is 0.0933. The molecule has 3 rings (SSSR count). The lowest BCUT2D eigenvalue weighted by molar-refractivity contribution is 0.102. The predicted octanol–water partition coefficient (Wildman–Crippen LogP) is 4.06. The average Bonchev–Trinajstić information content (AvgIpc) is 2.60. The summed E-state index contributed by atoms with van der Waals surface area (Å²) in [5, 5.41) is 5.50. The number of anilines is 3. The first kappa shape index (κ1) is 16.5. The summed E-state index contributed by atoms with van der Waals surface area (Å²) < 4.78 is 26.1. The molecule has 25 heavy (non-hydrogen) atoms. The maximum atomic E-state index is 13.2. The molecule has 126 valence electrons. The van der Waals surface area contributed by atoms with Gasteiger partial charge in [-0.2, -0.15) is 0 Å². The lowest BCUT2D eigenvalue weighted by Crippen LogP contribution is -2.15. The summed E-state index contributed by atoms with van der Waals surface area (Å²) in [6.07, 6.45) is 1.44. The molecule has 0 atom stereocenters. The van der Waals surface area contributed by atoms with Gasteiger partial charge in [-0.3, -0.25) is 4.79 Å². The molecule has 1 aromatic heterocycles. The molecule has 0 aliphatic carbocycles. The van der Waals surface area contributed by atoms with Gasteiger partial charge in [-0.15, -0.1) is 0 Å². The highest BCUT2D eigenvalue weighted by Gasteiger charge is 2.11. The second kappa shape index (κ2) is 7.04. The van der Waals surface area contributed by atoms with Gasteiger partial charge in [0.15, 0.2) is 11.6 Å². The second-order valence-corrected chi connectivity index (χ2v) is 5.29. The van der Waals surface area contributed by atoms with Gasteiger partial charge in [-0.05, 0) is 36.8 Å². The van der Waals surface area contributed by atoms with E-state index in [-0.39, 0.29) is 17.3 Å². The fraction of sp³-hybridized carbons (Fsp3) is 0.0556. The molecule has 0 aliphatic heterocycles. The Morgan fingerprint density at radius 1 is 1.04 bits per heavy atom. The maximum absolute atomic E-state index is 13.2. The number of benzene rings is 2. The summed E-state index contributed by atoms with van der Waals surface area (Å²) >= 11 is 0. The Balaban J connectivity index is 1.77. The van der Waals surface area contributed by atoms with E-state index in [1.165, 1.54) is 18.3 Å². The molecule has 1 heterocycles. The summed E-state index contributed by atoms with van der Waals surface area (Å²) in [5.74, 6) is -2.32. The Kier molecular flexibility index (Phi) is 4.65. The number of hydrogen-bond donors (Lipinski definition) is 2. The molecule has 0 bridgehead atoms. The number of rotatable bonds is 4. The first-order chi connectivity index (χ1) is 12.0. The van der Waals surface area contributed by atoms with Gasteiger partial charge in [0.2, 0.25) is 5.95 Å². The van der Waals surface area contributed by atoms with Crippen LogP contribution >= 0.6 is 0 Å². The number of nitrogens with one attached hydrogen (secondary N) is 2. The Morgan fingerprint density at radius 3 is 2.60 bits per heavy atom. The molecule has 5 nitrogen and oxygen atoms in total. The summed E-state index contributed by atoms with van der Waals surface area (Å²) in [7, 11) is 0. The third-order valence-corrected chi connectivity index (χ3v) is 3.46. The van der Waals surface area contributed by atoms with Crippen molar-refractivity contribution < 1.29 is 13.6 Å². The SMILES string of the molecule is Cc1ccccc1Nc1nccc(C(=O)Nc2ccc(F)c(F)c2)n1. The first-order valence-corrected chi connectivity index (χ1v) is 7.45. The Hall–Kier alpha value is -3.35. The first-order valence-electron chi connectivity index (χ1n) is 7.45. The van der Waals surface area contributed by atoms with E-state index in [1.54, 1.807) is 0 Å². The summed E-state index contributed by atoms with van der Waals surface area (Å²) in [6, 6.07) is 12.1. The molecule has 0 saturated heterocycles. The fourth-order valence-electron chi connectivity index (χ4n) is 2.15. The highest BCUT2D eigenvalue weighted by molar-refractivity contribution is 6.03. The van der Waals surface area contributed by atoms with Crippen LogP contribution in [0.2, 0.25) is 0 Å². The van der Waals surface area contributed by atoms with Gasteiger partial charge in [0.1, 0.15) is 5.69 Å². The fourth-order valence-corrected chi connectivity index (χ4v) is 2.15. The van der Waals surface area contributed by atoms with Crippen LogP contribution in [0, 0.1) is 18.6 Å². The zero-order chi connectivity index (χ0) is 17.8. The van der Waals surface area contributed by atoms with Gasteiger partial charge in [-0.25, -0.2) is 18.7 Å². The van der Waals surface area contributed by atoms with Crippen LogP contribution in [-0.4, -0.2) is 15.9 Å². The highest BCUT2D eigenvalue weighted by atomic mass is 19.2. The van der Waals surface area contributed by atoms with Gasteiger partial charge >= 0.3 is 0 Å². The molecule has 0 radical (unpaired) electrons. The number of carbonyl (C=O) groups excluding carboxylic acids is 1. The summed E-state index contributed by atoms with van der Waals surface area (Å²) in [5.41, 5.74) is 2.05. The van der Waals surface area contributed by atoms with E-state index in [4.69, 9.17) is 0 Å². The van der Waals surface area contributed by atoms with Crippen molar-refractivity contribution in [3.8, 4) is 0 Å². The average molecular weight is 340 g/mol. The molecule has 1 amide bonds. The van der Waals surface area contributed by atoms with E-state index in [0.29, 0.717) is 0 Å². The zero-order valence-corrected chi connectivity index (χ0v) is 13.3. The molecule has 2 aromatic carbocycles. The lowest BCUT2D eigenvalue weighted by Gasteiger charge is -2.09. The quantitative estimate of drug-likeness (QED) is 0.752. The van der Waals surface area contributed by atoms with Crippen LogP contribution in [0.1, 0.15) is 16.1 Å². The number of aryl methyl sites for hydroxylation is 1. The van der Waals surface area contributed by atoms with Crippen LogP contribution in [0.3, 0.4) is 0 Å². The van der Waals surface area contributed by atoms with Gasteiger partial charge in [0.05, 0.1) is 0 Å². The van der Waals surface area contributed by atoms with Crippen molar-refractivity contribution in [2.24, 2.45) is 0 Å². The van der Waals surface area contributed by atoms with E-state index in [1.807, 2.05) is 31.2 Å². The Bertz CT molecular complexity index is 930. The van der Waals surface area contributed by atoms with Crippen LogP contribution in [-0.2, 0) is 0 Å². The number of nitrogens with zero attached hydrogens (tertiary/aromatic N) is 2. The van der Waals surface area contributed by atoms with Crippen molar-refractivity contribution in [1.29, 1.82) is 0 Å². The third-order valence-electron chi connectivity index (χ3n) is 3.46. The largest absolute Gasteiger partial charge is 0.324 e. The van der Waals surface area contributed by atoms with Gasteiger partial charge in [0.25, 0.3) is 5.91 Å². The number of hydrogen-bond acceptors (Lipinski definition) is 4. The molecule has 0 fully saturated rings. The predicted molar refractivity (Wildman–Crippen MR) is 90.8 cm³/mol. The standard InChI is InChI=1S/C18H14F2N4O/c1-11-4-2-3-5-15(11)23-18-21-9-8-16(24-18)17(25)22-12-6-7-13(19)14(20)10-12/h2-10H,1H3,(H,22,25)(H,21,23,24). The number of amides is 1. The van der Waals surface area contributed by atoms with Gasteiger partial charge < -0.3 is 10.6 Å². The molecule has 0 saturated carbocycles. The lowest BCUT2D eigenvalue weighted by atomic mass is 10.2. The van der Waals surface area contributed by atoms with E-state index >= 15 is 0 Å². The van der Waals surface area contributed by atoms with Crippen molar-refractivity contribution in [2.45, 2.75) is 6.92 Å². The van der Waals surface area contributed by atoms with E-state index in [2.05, 4.69) is 20.6 Å². The monoisotopic (exact) mass is 340 g/mol. The van der Waals surface area contributed by atoms with Crippen molar-refractivity contribution in [2.75, 3.05) is 10.6 Å². The number of carbonyl (C=O) groups is 1. The minimum atomic E-state index is -1.04. The molecule has 7 heteroatoms. The number of halogens is 2.